The van der Waals surface area contributed by atoms with Gasteiger partial charge in [0.25, 0.3) is 0 Å². The third kappa shape index (κ3) is 6.58. The Bertz CT molecular complexity index is 1190. The maximum absolute atomic E-state index is 13.6. The highest BCUT2D eigenvalue weighted by Gasteiger charge is 2.32. The number of nitrogens with zero attached hydrogens (tertiary/aromatic N) is 2. The van der Waals surface area contributed by atoms with Crippen molar-refractivity contribution in [1.82, 2.24) is 10.2 Å². The third-order valence-corrected chi connectivity index (χ3v) is 7.44. The summed E-state index contributed by atoms with van der Waals surface area (Å²) >= 11 is 6.12. The second kappa shape index (κ2) is 11.2. The molecule has 1 heterocycles. The minimum atomic E-state index is -3.84. The lowest BCUT2D eigenvalue weighted by atomic mass is 10.1. The van der Waals surface area contributed by atoms with E-state index in [1.807, 2.05) is 13.8 Å². The highest BCUT2D eigenvalue weighted by atomic mass is 35.5. The molecular formula is C24H30ClN3O6S. The van der Waals surface area contributed by atoms with E-state index in [1.54, 1.807) is 43.3 Å². The fourth-order valence-electron chi connectivity index (χ4n) is 3.58. The Balaban J connectivity index is 1.94. The molecule has 0 radical (unpaired) electrons. The van der Waals surface area contributed by atoms with Gasteiger partial charge in [-0.05, 0) is 57.5 Å². The number of hydrogen-bond donors (Lipinski definition) is 1. The van der Waals surface area contributed by atoms with Gasteiger partial charge < -0.3 is 19.7 Å². The van der Waals surface area contributed by atoms with E-state index in [1.165, 1.54) is 17.9 Å². The molecule has 2 aromatic carbocycles. The SMILES string of the molecule is CCS(=O)(=O)N(CC(=O)N(Cc1cccc(Cl)c1)[C@H](C)C(=O)NC(C)C)c1ccc2c(c1)OCO2. The number of ether oxygens (including phenoxy) is 2. The Morgan fingerprint density at radius 1 is 1.09 bits per heavy atom. The molecular weight excluding hydrogens is 494 g/mol. The highest BCUT2D eigenvalue weighted by Crippen LogP contribution is 2.36. The lowest BCUT2D eigenvalue weighted by Gasteiger charge is -2.32. The van der Waals surface area contributed by atoms with Crippen molar-refractivity contribution >= 4 is 39.1 Å². The predicted molar refractivity (Wildman–Crippen MR) is 134 cm³/mol. The van der Waals surface area contributed by atoms with Crippen LogP contribution in [0.5, 0.6) is 11.5 Å². The van der Waals surface area contributed by atoms with Crippen LogP contribution in [0.2, 0.25) is 5.02 Å². The first-order valence-electron chi connectivity index (χ1n) is 11.3. The molecule has 0 bridgehead atoms. The summed E-state index contributed by atoms with van der Waals surface area (Å²) in [7, 11) is -3.84. The van der Waals surface area contributed by atoms with Gasteiger partial charge in [0.05, 0.1) is 11.4 Å². The minimum Gasteiger partial charge on any atom is -0.454 e. The fraction of sp³-hybridized carbons (Fsp3) is 0.417. The summed E-state index contributed by atoms with van der Waals surface area (Å²) in [5.41, 5.74) is 0.981. The van der Waals surface area contributed by atoms with Gasteiger partial charge in [-0.25, -0.2) is 8.42 Å². The van der Waals surface area contributed by atoms with Gasteiger partial charge in [-0.1, -0.05) is 23.7 Å². The molecule has 9 nitrogen and oxygen atoms in total. The number of amides is 2. The van der Waals surface area contributed by atoms with Crippen LogP contribution in [-0.4, -0.2) is 56.3 Å². The smallest absolute Gasteiger partial charge is 0.244 e. The molecule has 0 aromatic heterocycles. The number of carbonyl (C=O) groups excluding carboxylic acids is 2. The summed E-state index contributed by atoms with van der Waals surface area (Å²) in [4.78, 5) is 27.8. The molecule has 0 spiro atoms. The standard InChI is InChI=1S/C24H30ClN3O6S/c1-5-35(31,32)28(20-9-10-21-22(12-20)34-15-33-21)14-23(29)27(17(4)24(30)26-16(2)3)13-18-7-6-8-19(25)11-18/h6-12,16-17H,5,13-15H2,1-4H3,(H,26,30)/t17-/m1/s1. The molecule has 35 heavy (non-hydrogen) atoms. The molecule has 0 fully saturated rings. The third-order valence-electron chi connectivity index (χ3n) is 5.46. The number of halogens is 1. The van der Waals surface area contributed by atoms with E-state index >= 15 is 0 Å². The van der Waals surface area contributed by atoms with Crippen LogP contribution in [-0.2, 0) is 26.2 Å². The van der Waals surface area contributed by atoms with Crippen LogP contribution in [0.1, 0.15) is 33.3 Å². The molecule has 1 aliphatic heterocycles. The van der Waals surface area contributed by atoms with E-state index < -0.39 is 28.5 Å². The maximum Gasteiger partial charge on any atom is 0.244 e. The van der Waals surface area contributed by atoms with Crippen LogP contribution >= 0.6 is 11.6 Å². The molecule has 0 saturated heterocycles. The summed E-state index contributed by atoms with van der Waals surface area (Å²) in [6.45, 7) is 6.38. The predicted octanol–water partition coefficient (Wildman–Crippen LogP) is 3.17. The van der Waals surface area contributed by atoms with Gasteiger partial charge in [-0.2, -0.15) is 0 Å². The topological polar surface area (TPSA) is 105 Å². The van der Waals surface area contributed by atoms with Gasteiger partial charge in [0, 0.05) is 23.7 Å². The van der Waals surface area contributed by atoms with Crippen molar-refractivity contribution in [1.29, 1.82) is 0 Å². The monoisotopic (exact) mass is 523 g/mol. The molecule has 11 heteroatoms. The van der Waals surface area contributed by atoms with Crippen LogP contribution in [0.25, 0.3) is 0 Å². The number of carbonyl (C=O) groups is 2. The van der Waals surface area contributed by atoms with Gasteiger partial charge in [-0.3, -0.25) is 13.9 Å². The Kier molecular flexibility index (Phi) is 8.50. The molecule has 2 aromatic rings. The van der Waals surface area contributed by atoms with Crippen molar-refractivity contribution in [2.75, 3.05) is 23.4 Å². The van der Waals surface area contributed by atoms with Crippen LogP contribution in [0.3, 0.4) is 0 Å². The second-order valence-corrected chi connectivity index (χ2v) is 11.1. The zero-order valence-corrected chi connectivity index (χ0v) is 21.7. The summed E-state index contributed by atoms with van der Waals surface area (Å²) in [5.74, 6) is -0.205. The largest absolute Gasteiger partial charge is 0.454 e. The van der Waals surface area contributed by atoms with Gasteiger partial charge >= 0.3 is 0 Å². The van der Waals surface area contributed by atoms with E-state index in [0.29, 0.717) is 22.1 Å². The zero-order valence-electron chi connectivity index (χ0n) is 20.2. The average molecular weight is 524 g/mol. The highest BCUT2D eigenvalue weighted by molar-refractivity contribution is 7.92. The average Bonchev–Trinajstić information content (AvgIpc) is 3.27. The number of hydrogen-bond acceptors (Lipinski definition) is 6. The molecule has 1 atom stereocenters. The number of anilines is 1. The van der Waals surface area contributed by atoms with Crippen molar-refractivity contribution < 1.29 is 27.5 Å². The molecule has 0 unspecified atom stereocenters. The van der Waals surface area contributed by atoms with Crippen LogP contribution < -0.4 is 19.1 Å². The summed E-state index contributed by atoms with van der Waals surface area (Å²) < 4.78 is 37.7. The van der Waals surface area contributed by atoms with Crippen molar-refractivity contribution in [2.45, 2.75) is 46.3 Å². The van der Waals surface area contributed by atoms with Crippen molar-refractivity contribution in [3.8, 4) is 11.5 Å². The lowest BCUT2D eigenvalue weighted by Crippen LogP contribution is -2.52. The zero-order chi connectivity index (χ0) is 25.8. The first-order valence-corrected chi connectivity index (χ1v) is 13.2. The van der Waals surface area contributed by atoms with E-state index in [0.717, 1.165) is 4.31 Å². The van der Waals surface area contributed by atoms with Crippen molar-refractivity contribution in [3.63, 3.8) is 0 Å². The number of nitrogens with one attached hydrogen (secondary N) is 1. The Labute approximate surface area is 211 Å². The maximum atomic E-state index is 13.6. The van der Waals surface area contributed by atoms with Crippen LogP contribution in [0.15, 0.2) is 42.5 Å². The first-order chi connectivity index (χ1) is 16.5. The van der Waals surface area contributed by atoms with Gasteiger partial charge in [0.1, 0.15) is 12.6 Å². The molecule has 1 aliphatic rings. The van der Waals surface area contributed by atoms with Gasteiger partial charge in [0.15, 0.2) is 11.5 Å². The van der Waals surface area contributed by atoms with Crippen LogP contribution in [0, 0.1) is 0 Å². The molecule has 0 aliphatic carbocycles. The molecule has 190 valence electrons. The van der Waals surface area contributed by atoms with E-state index in [9.17, 15) is 18.0 Å². The minimum absolute atomic E-state index is 0.0358. The number of rotatable bonds is 10. The molecule has 0 saturated carbocycles. The molecule has 2 amide bonds. The summed E-state index contributed by atoms with van der Waals surface area (Å²) in [6.07, 6.45) is 0. The second-order valence-electron chi connectivity index (χ2n) is 8.44. The Morgan fingerprint density at radius 3 is 2.46 bits per heavy atom. The summed E-state index contributed by atoms with van der Waals surface area (Å²) in [6, 6.07) is 10.7. The van der Waals surface area contributed by atoms with Crippen molar-refractivity contribution in [3.05, 3.63) is 53.1 Å². The molecule has 1 N–H and O–H groups in total. The van der Waals surface area contributed by atoms with Gasteiger partial charge in [0.2, 0.25) is 28.6 Å². The van der Waals surface area contributed by atoms with E-state index in [2.05, 4.69) is 5.32 Å². The number of benzene rings is 2. The summed E-state index contributed by atoms with van der Waals surface area (Å²) in [5, 5.41) is 3.30. The fourth-order valence-corrected chi connectivity index (χ4v) is 4.85. The Hall–Kier alpha value is -2.98. The number of fused-ring (bicyclic) bond motifs is 1. The quantitative estimate of drug-likeness (QED) is 0.513. The first kappa shape index (κ1) is 26.6. The van der Waals surface area contributed by atoms with E-state index in [4.69, 9.17) is 21.1 Å². The molecule has 3 rings (SSSR count). The Morgan fingerprint density at radius 2 is 1.80 bits per heavy atom. The van der Waals surface area contributed by atoms with Gasteiger partial charge in [-0.15, -0.1) is 0 Å². The lowest BCUT2D eigenvalue weighted by molar-refractivity contribution is -0.139. The van der Waals surface area contributed by atoms with Crippen LogP contribution in [0.4, 0.5) is 5.69 Å². The number of sulfonamides is 1. The van der Waals surface area contributed by atoms with Crippen molar-refractivity contribution in [2.24, 2.45) is 0 Å². The van der Waals surface area contributed by atoms with E-state index in [-0.39, 0.29) is 36.7 Å². The normalized spacial score (nSPS) is 13.4.